The molecule has 2 aromatic carbocycles. The third-order valence-corrected chi connectivity index (χ3v) is 5.41. The monoisotopic (exact) mass is 383 g/mol. The number of para-hydroxylation sites is 1. The summed E-state index contributed by atoms with van der Waals surface area (Å²) in [5.74, 6) is 0.786. The Morgan fingerprint density at radius 2 is 1.86 bits per heavy atom. The highest BCUT2D eigenvalue weighted by molar-refractivity contribution is 9.10. The van der Waals surface area contributed by atoms with E-state index in [9.17, 15) is 8.42 Å². The van der Waals surface area contributed by atoms with E-state index in [1.807, 2.05) is 37.3 Å². The molecule has 0 unspecified atom stereocenters. The van der Waals surface area contributed by atoms with Crippen LogP contribution in [0, 0.1) is 6.92 Å². The number of aryl methyl sites for hydroxylation is 1. The summed E-state index contributed by atoms with van der Waals surface area (Å²) in [6, 6.07) is 14.4. The molecule has 0 saturated carbocycles. The van der Waals surface area contributed by atoms with Crippen molar-refractivity contribution in [3.05, 3.63) is 58.6 Å². The summed E-state index contributed by atoms with van der Waals surface area (Å²) in [7, 11) is -3.47. The maximum atomic E-state index is 12.2. The molecular formula is C16H18BrNO3S. The molecule has 0 aliphatic rings. The molecule has 2 aromatic rings. The Labute approximate surface area is 139 Å². The second-order valence-corrected chi connectivity index (χ2v) is 7.45. The van der Waals surface area contributed by atoms with Crippen LogP contribution in [0.3, 0.4) is 0 Å². The predicted octanol–water partition coefficient (Wildman–Crippen LogP) is 3.50. The molecule has 0 bridgehead atoms. The van der Waals surface area contributed by atoms with Crippen LogP contribution >= 0.6 is 15.9 Å². The van der Waals surface area contributed by atoms with E-state index in [-0.39, 0.29) is 4.90 Å². The van der Waals surface area contributed by atoms with Gasteiger partial charge in [0.2, 0.25) is 10.0 Å². The number of nitrogens with one attached hydrogen (secondary N) is 1. The second-order valence-electron chi connectivity index (χ2n) is 4.82. The third kappa shape index (κ3) is 4.83. The molecule has 0 aliphatic heterocycles. The van der Waals surface area contributed by atoms with E-state index in [0.29, 0.717) is 19.6 Å². The molecule has 22 heavy (non-hydrogen) atoms. The minimum Gasteiger partial charge on any atom is -0.494 e. The zero-order valence-electron chi connectivity index (χ0n) is 12.3. The van der Waals surface area contributed by atoms with Crippen molar-refractivity contribution >= 4 is 26.0 Å². The fourth-order valence-electron chi connectivity index (χ4n) is 1.85. The molecule has 0 radical (unpaired) electrons. The van der Waals surface area contributed by atoms with Gasteiger partial charge in [-0.1, -0.05) is 34.1 Å². The highest BCUT2D eigenvalue weighted by Gasteiger charge is 2.13. The Balaban J connectivity index is 1.81. The lowest BCUT2D eigenvalue weighted by Crippen LogP contribution is -2.26. The second kappa shape index (κ2) is 7.76. The van der Waals surface area contributed by atoms with Crippen molar-refractivity contribution in [3.8, 4) is 5.75 Å². The van der Waals surface area contributed by atoms with Crippen molar-refractivity contribution in [2.45, 2.75) is 18.2 Å². The van der Waals surface area contributed by atoms with Crippen molar-refractivity contribution in [2.24, 2.45) is 0 Å². The molecule has 0 spiro atoms. The largest absolute Gasteiger partial charge is 0.494 e. The summed E-state index contributed by atoms with van der Waals surface area (Å²) < 4.78 is 33.3. The van der Waals surface area contributed by atoms with Gasteiger partial charge in [0.1, 0.15) is 5.75 Å². The molecule has 0 heterocycles. The number of sulfonamides is 1. The minimum absolute atomic E-state index is 0.275. The smallest absolute Gasteiger partial charge is 0.240 e. The van der Waals surface area contributed by atoms with Crippen LogP contribution in [0.1, 0.15) is 12.0 Å². The van der Waals surface area contributed by atoms with Crippen LogP contribution in [0.2, 0.25) is 0 Å². The van der Waals surface area contributed by atoms with Gasteiger partial charge >= 0.3 is 0 Å². The van der Waals surface area contributed by atoms with Crippen LogP contribution in [0.25, 0.3) is 0 Å². The molecule has 0 aromatic heterocycles. The van der Waals surface area contributed by atoms with Gasteiger partial charge in [0.15, 0.2) is 0 Å². The van der Waals surface area contributed by atoms with Crippen molar-refractivity contribution in [2.75, 3.05) is 13.2 Å². The first-order valence-electron chi connectivity index (χ1n) is 6.93. The molecule has 118 valence electrons. The lowest BCUT2D eigenvalue weighted by atomic mass is 10.2. The van der Waals surface area contributed by atoms with Crippen LogP contribution < -0.4 is 9.46 Å². The standard InChI is InChI=1S/C16H18BrNO3S/c1-13-12-15(8-9-16(13)17)22(19,20)18-10-5-11-21-14-6-3-2-4-7-14/h2-4,6-9,12,18H,5,10-11H2,1H3. The van der Waals surface area contributed by atoms with Gasteiger partial charge in [0, 0.05) is 11.0 Å². The van der Waals surface area contributed by atoms with Crippen LogP contribution in [0.5, 0.6) is 5.75 Å². The molecular weight excluding hydrogens is 366 g/mol. The van der Waals surface area contributed by atoms with E-state index in [0.717, 1.165) is 15.8 Å². The fraction of sp³-hybridized carbons (Fsp3) is 0.250. The van der Waals surface area contributed by atoms with Gasteiger partial charge in [0.05, 0.1) is 11.5 Å². The van der Waals surface area contributed by atoms with Gasteiger partial charge in [0.25, 0.3) is 0 Å². The molecule has 0 aliphatic carbocycles. The molecule has 1 N–H and O–H groups in total. The van der Waals surface area contributed by atoms with Gasteiger partial charge in [-0.2, -0.15) is 0 Å². The Morgan fingerprint density at radius 1 is 1.14 bits per heavy atom. The Hall–Kier alpha value is -1.37. The number of hydrogen-bond donors (Lipinski definition) is 1. The summed E-state index contributed by atoms with van der Waals surface area (Å²) in [4.78, 5) is 0.275. The summed E-state index contributed by atoms with van der Waals surface area (Å²) >= 11 is 3.36. The average molecular weight is 384 g/mol. The van der Waals surface area contributed by atoms with E-state index in [1.54, 1.807) is 18.2 Å². The average Bonchev–Trinajstić information content (AvgIpc) is 2.50. The summed E-state index contributed by atoms with van der Waals surface area (Å²) in [5, 5.41) is 0. The van der Waals surface area contributed by atoms with E-state index in [2.05, 4.69) is 20.7 Å². The van der Waals surface area contributed by atoms with Crippen molar-refractivity contribution in [3.63, 3.8) is 0 Å². The summed E-state index contributed by atoms with van der Waals surface area (Å²) in [6.07, 6.45) is 0.601. The zero-order valence-corrected chi connectivity index (χ0v) is 14.7. The van der Waals surface area contributed by atoms with Crippen LogP contribution in [0.15, 0.2) is 57.9 Å². The SMILES string of the molecule is Cc1cc(S(=O)(=O)NCCCOc2ccccc2)ccc1Br. The van der Waals surface area contributed by atoms with Gasteiger partial charge in [-0.15, -0.1) is 0 Å². The quantitative estimate of drug-likeness (QED) is 0.744. The number of ether oxygens (including phenoxy) is 1. The highest BCUT2D eigenvalue weighted by atomic mass is 79.9. The minimum atomic E-state index is -3.47. The number of benzene rings is 2. The molecule has 0 amide bonds. The normalized spacial score (nSPS) is 11.4. The van der Waals surface area contributed by atoms with Crippen LogP contribution in [-0.2, 0) is 10.0 Å². The van der Waals surface area contributed by atoms with Crippen molar-refractivity contribution in [1.82, 2.24) is 4.72 Å². The van der Waals surface area contributed by atoms with Gasteiger partial charge < -0.3 is 4.74 Å². The molecule has 6 heteroatoms. The highest BCUT2D eigenvalue weighted by Crippen LogP contribution is 2.19. The van der Waals surface area contributed by atoms with Gasteiger partial charge in [-0.25, -0.2) is 13.1 Å². The Bertz CT molecular complexity index is 717. The Kier molecular flexibility index (Phi) is 5.99. The van der Waals surface area contributed by atoms with Crippen molar-refractivity contribution in [1.29, 1.82) is 0 Å². The summed E-state index contributed by atoms with van der Waals surface area (Å²) in [6.45, 7) is 2.66. The van der Waals surface area contributed by atoms with E-state index in [1.165, 1.54) is 0 Å². The lowest BCUT2D eigenvalue weighted by Gasteiger charge is -2.09. The van der Waals surface area contributed by atoms with E-state index >= 15 is 0 Å². The summed E-state index contributed by atoms with van der Waals surface area (Å²) in [5.41, 5.74) is 0.885. The number of halogens is 1. The lowest BCUT2D eigenvalue weighted by molar-refractivity contribution is 0.311. The Morgan fingerprint density at radius 3 is 2.55 bits per heavy atom. The van der Waals surface area contributed by atoms with Gasteiger partial charge in [-0.3, -0.25) is 0 Å². The molecule has 0 saturated heterocycles. The maximum Gasteiger partial charge on any atom is 0.240 e. The number of rotatable bonds is 7. The molecule has 2 rings (SSSR count). The zero-order chi connectivity index (χ0) is 16.0. The topological polar surface area (TPSA) is 55.4 Å². The first kappa shape index (κ1) is 17.0. The van der Waals surface area contributed by atoms with Crippen LogP contribution in [-0.4, -0.2) is 21.6 Å². The first-order chi connectivity index (χ1) is 10.5. The third-order valence-electron chi connectivity index (χ3n) is 3.06. The maximum absolute atomic E-state index is 12.2. The van der Waals surface area contributed by atoms with Gasteiger partial charge in [-0.05, 0) is 49.2 Å². The van der Waals surface area contributed by atoms with Crippen LogP contribution in [0.4, 0.5) is 0 Å². The fourth-order valence-corrected chi connectivity index (χ4v) is 3.26. The van der Waals surface area contributed by atoms with Crippen molar-refractivity contribution < 1.29 is 13.2 Å². The number of hydrogen-bond acceptors (Lipinski definition) is 3. The molecule has 0 fully saturated rings. The first-order valence-corrected chi connectivity index (χ1v) is 9.20. The molecule has 0 atom stereocenters. The molecule has 4 nitrogen and oxygen atoms in total. The predicted molar refractivity (Wildman–Crippen MR) is 90.6 cm³/mol. The van der Waals surface area contributed by atoms with E-state index < -0.39 is 10.0 Å². The van der Waals surface area contributed by atoms with E-state index in [4.69, 9.17) is 4.74 Å².